The van der Waals surface area contributed by atoms with Gasteiger partial charge in [0.1, 0.15) is 0 Å². The molecule has 1 aromatic rings. The van der Waals surface area contributed by atoms with Crippen LogP contribution in [0.1, 0.15) is 16.8 Å². The van der Waals surface area contributed by atoms with E-state index in [1.54, 1.807) is 13.1 Å². The van der Waals surface area contributed by atoms with E-state index in [0.29, 0.717) is 26.3 Å². The predicted molar refractivity (Wildman–Crippen MR) is 68.6 cm³/mol. The Kier molecular flexibility index (Phi) is 4.16. The summed E-state index contributed by atoms with van der Waals surface area (Å²) in [6.45, 7) is 6.64. The normalized spacial score (nSPS) is 21.8. The Hall–Kier alpha value is -1.17. The van der Waals surface area contributed by atoms with Crippen LogP contribution in [0, 0.1) is 13.8 Å². The number of nitrogens with zero attached hydrogens (tertiary/aromatic N) is 1. The fourth-order valence-electron chi connectivity index (χ4n) is 2.19. The lowest BCUT2D eigenvalue weighted by atomic mass is 10.1. The SMILES string of the molecule is Cc1c[nH]c(CN2CCOC[C@H](O)C2)c(C)c1=O. The molecule has 1 saturated heterocycles. The van der Waals surface area contributed by atoms with E-state index in [4.69, 9.17) is 4.74 Å². The molecule has 0 unspecified atom stereocenters. The zero-order chi connectivity index (χ0) is 13.1. The van der Waals surface area contributed by atoms with Crippen LogP contribution >= 0.6 is 0 Å². The number of ether oxygens (including phenoxy) is 1. The van der Waals surface area contributed by atoms with Gasteiger partial charge in [-0.15, -0.1) is 0 Å². The van der Waals surface area contributed by atoms with Crippen molar-refractivity contribution in [3.8, 4) is 0 Å². The highest BCUT2D eigenvalue weighted by Crippen LogP contribution is 2.08. The van der Waals surface area contributed by atoms with Crippen LogP contribution in [-0.2, 0) is 11.3 Å². The molecule has 5 heteroatoms. The van der Waals surface area contributed by atoms with Crippen molar-refractivity contribution in [2.24, 2.45) is 0 Å². The molecule has 2 heterocycles. The summed E-state index contributed by atoms with van der Waals surface area (Å²) in [5, 5.41) is 9.67. The van der Waals surface area contributed by atoms with Crippen LogP contribution in [0.25, 0.3) is 0 Å². The number of H-pyrrole nitrogens is 1. The quantitative estimate of drug-likeness (QED) is 0.788. The number of aromatic nitrogens is 1. The van der Waals surface area contributed by atoms with Gasteiger partial charge in [0.05, 0.1) is 19.3 Å². The number of aliphatic hydroxyl groups excluding tert-OH is 1. The van der Waals surface area contributed by atoms with E-state index in [0.717, 1.165) is 23.4 Å². The molecule has 0 aliphatic carbocycles. The highest BCUT2D eigenvalue weighted by molar-refractivity contribution is 5.23. The lowest BCUT2D eigenvalue weighted by Crippen LogP contribution is -2.33. The van der Waals surface area contributed by atoms with E-state index in [1.807, 2.05) is 6.92 Å². The van der Waals surface area contributed by atoms with Crippen molar-refractivity contribution in [1.82, 2.24) is 9.88 Å². The maximum absolute atomic E-state index is 11.9. The first kappa shape index (κ1) is 13.3. The van der Waals surface area contributed by atoms with Crippen LogP contribution in [0.2, 0.25) is 0 Å². The number of hydrogen-bond acceptors (Lipinski definition) is 4. The lowest BCUT2D eigenvalue weighted by Gasteiger charge is -2.21. The smallest absolute Gasteiger partial charge is 0.187 e. The zero-order valence-electron chi connectivity index (χ0n) is 10.9. The van der Waals surface area contributed by atoms with E-state index in [-0.39, 0.29) is 5.43 Å². The molecular formula is C13H20N2O3. The maximum atomic E-state index is 11.9. The molecule has 18 heavy (non-hydrogen) atoms. The predicted octanol–water partition coefficient (Wildman–Crippen LogP) is 0.185. The van der Waals surface area contributed by atoms with Gasteiger partial charge in [0, 0.05) is 42.7 Å². The molecule has 100 valence electrons. The largest absolute Gasteiger partial charge is 0.389 e. The Balaban J connectivity index is 2.13. The van der Waals surface area contributed by atoms with Gasteiger partial charge in [0.2, 0.25) is 0 Å². The van der Waals surface area contributed by atoms with E-state index < -0.39 is 6.10 Å². The Bertz CT molecular complexity index is 470. The van der Waals surface area contributed by atoms with Gasteiger partial charge in [-0.25, -0.2) is 0 Å². The van der Waals surface area contributed by atoms with Gasteiger partial charge < -0.3 is 14.8 Å². The molecule has 0 radical (unpaired) electrons. The van der Waals surface area contributed by atoms with Crippen molar-refractivity contribution >= 4 is 0 Å². The molecule has 0 amide bonds. The minimum Gasteiger partial charge on any atom is -0.389 e. The molecule has 2 rings (SSSR count). The third kappa shape index (κ3) is 2.98. The number of hydrogen-bond donors (Lipinski definition) is 2. The average Bonchev–Trinajstić information content (AvgIpc) is 2.54. The number of aryl methyl sites for hydroxylation is 1. The summed E-state index contributed by atoms with van der Waals surface area (Å²) in [7, 11) is 0. The van der Waals surface area contributed by atoms with Crippen LogP contribution in [-0.4, -0.2) is 47.4 Å². The van der Waals surface area contributed by atoms with Gasteiger partial charge in [0.15, 0.2) is 5.43 Å². The monoisotopic (exact) mass is 252 g/mol. The fourth-order valence-corrected chi connectivity index (χ4v) is 2.19. The topological polar surface area (TPSA) is 65.6 Å². The second-order valence-corrected chi connectivity index (χ2v) is 4.87. The second kappa shape index (κ2) is 5.65. The lowest BCUT2D eigenvalue weighted by molar-refractivity contribution is 0.0561. The third-order valence-electron chi connectivity index (χ3n) is 3.33. The number of aromatic amines is 1. The number of β-amino-alcohol motifs (C(OH)–C–C–N with tert-alkyl or cyclic N) is 1. The summed E-state index contributed by atoms with van der Waals surface area (Å²) in [6, 6.07) is 0. The van der Waals surface area contributed by atoms with Crippen molar-refractivity contribution in [3.63, 3.8) is 0 Å². The highest BCUT2D eigenvalue weighted by atomic mass is 16.5. The standard InChI is InChI=1S/C13H20N2O3/c1-9-5-14-12(10(2)13(9)17)7-15-3-4-18-8-11(16)6-15/h5,11,16H,3-4,6-8H2,1-2H3,(H,14,17)/t11-/m1/s1. The van der Waals surface area contributed by atoms with Crippen LogP contribution in [0.4, 0.5) is 0 Å². The molecule has 1 aliphatic rings. The van der Waals surface area contributed by atoms with Crippen LogP contribution in [0.15, 0.2) is 11.0 Å². The van der Waals surface area contributed by atoms with Gasteiger partial charge in [0.25, 0.3) is 0 Å². The van der Waals surface area contributed by atoms with Crippen molar-refractivity contribution in [2.75, 3.05) is 26.3 Å². The number of nitrogens with one attached hydrogen (secondary N) is 1. The Labute approximate surface area is 106 Å². The Morgan fingerprint density at radius 2 is 2.33 bits per heavy atom. The van der Waals surface area contributed by atoms with Crippen molar-refractivity contribution < 1.29 is 9.84 Å². The first-order chi connectivity index (χ1) is 8.58. The number of pyridine rings is 1. The molecule has 1 aliphatic heterocycles. The van der Waals surface area contributed by atoms with Crippen LogP contribution < -0.4 is 5.43 Å². The van der Waals surface area contributed by atoms with Crippen LogP contribution in [0.5, 0.6) is 0 Å². The highest BCUT2D eigenvalue weighted by Gasteiger charge is 2.17. The van der Waals surface area contributed by atoms with Gasteiger partial charge in [-0.2, -0.15) is 0 Å². The van der Waals surface area contributed by atoms with E-state index in [9.17, 15) is 9.90 Å². The summed E-state index contributed by atoms with van der Waals surface area (Å²) in [5.41, 5.74) is 2.50. The first-order valence-corrected chi connectivity index (χ1v) is 6.24. The fraction of sp³-hybridized carbons (Fsp3) is 0.615. The van der Waals surface area contributed by atoms with Gasteiger partial charge in [-0.05, 0) is 13.8 Å². The molecule has 1 aromatic heterocycles. The average molecular weight is 252 g/mol. The second-order valence-electron chi connectivity index (χ2n) is 4.87. The molecule has 0 bridgehead atoms. The molecule has 1 atom stereocenters. The molecule has 0 spiro atoms. The van der Waals surface area contributed by atoms with Crippen molar-refractivity contribution in [2.45, 2.75) is 26.5 Å². The molecular weight excluding hydrogens is 232 g/mol. The molecule has 2 N–H and O–H groups in total. The summed E-state index contributed by atoms with van der Waals surface area (Å²) >= 11 is 0. The van der Waals surface area contributed by atoms with Crippen molar-refractivity contribution in [1.29, 1.82) is 0 Å². The Morgan fingerprint density at radius 1 is 1.56 bits per heavy atom. The molecule has 0 aromatic carbocycles. The van der Waals surface area contributed by atoms with E-state index in [1.165, 1.54) is 0 Å². The zero-order valence-corrected chi connectivity index (χ0v) is 10.9. The molecule has 5 nitrogen and oxygen atoms in total. The Morgan fingerprint density at radius 3 is 3.11 bits per heavy atom. The summed E-state index contributed by atoms with van der Waals surface area (Å²) in [5.74, 6) is 0. The maximum Gasteiger partial charge on any atom is 0.187 e. The van der Waals surface area contributed by atoms with Gasteiger partial charge in [-0.3, -0.25) is 9.69 Å². The van der Waals surface area contributed by atoms with Crippen molar-refractivity contribution in [3.05, 3.63) is 33.2 Å². The first-order valence-electron chi connectivity index (χ1n) is 6.24. The molecule has 0 saturated carbocycles. The minimum absolute atomic E-state index is 0.0929. The number of aliphatic hydroxyl groups is 1. The third-order valence-corrected chi connectivity index (χ3v) is 3.33. The number of rotatable bonds is 2. The van der Waals surface area contributed by atoms with E-state index in [2.05, 4.69) is 9.88 Å². The summed E-state index contributed by atoms with van der Waals surface area (Å²) < 4.78 is 5.28. The van der Waals surface area contributed by atoms with Gasteiger partial charge >= 0.3 is 0 Å². The summed E-state index contributed by atoms with van der Waals surface area (Å²) in [6.07, 6.45) is 1.29. The van der Waals surface area contributed by atoms with E-state index >= 15 is 0 Å². The summed E-state index contributed by atoms with van der Waals surface area (Å²) in [4.78, 5) is 17.1. The van der Waals surface area contributed by atoms with Crippen LogP contribution in [0.3, 0.4) is 0 Å². The molecule has 1 fully saturated rings. The van der Waals surface area contributed by atoms with Gasteiger partial charge in [-0.1, -0.05) is 0 Å². The minimum atomic E-state index is -0.454.